The Morgan fingerprint density at radius 3 is 3.00 bits per heavy atom. The van der Waals surface area contributed by atoms with E-state index in [0.29, 0.717) is 11.2 Å². The first kappa shape index (κ1) is 12.8. The van der Waals surface area contributed by atoms with Gasteiger partial charge in [-0.2, -0.15) is 0 Å². The van der Waals surface area contributed by atoms with Crippen LogP contribution in [0.3, 0.4) is 0 Å². The van der Waals surface area contributed by atoms with E-state index in [-0.39, 0.29) is 6.10 Å². The Bertz CT molecular complexity index is 744. The van der Waals surface area contributed by atoms with Crippen molar-refractivity contribution in [3.63, 3.8) is 0 Å². The number of hydrogen-bond acceptors (Lipinski definition) is 5. The van der Waals surface area contributed by atoms with Crippen molar-refractivity contribution in [1.82, 2.24) is 15.3 Å². The molecule has 0 fully saturated rings. The van der Waals surface area contributed by atoms with Gasteiger partial charge in [-0.25, -0.2) is 4.98 Å². The van der Waals surface area contributed by atoms with Crippen LogP contribution in [0, 0.1) is 4.64 Å². The number of rotatable bonds is 1. The number of nitrogens with zero attached hydrogens (tertiary/aromatic N) is 1. The van der Waals surface area contributed by atoms with Crippen molar-refractivity contribution in [2.24, 2.45) is 0 Å². The zero-order valence-corrected chi connectivity index (χ0v) is 12.2. The molecule has 0 amide bonds. The smallest absolute Gasteiger partial charge is 0.190 e. The maximum Gasteiger partial charge on any atom is 0.190 e. The van der Waals surface area contributed by atoms with E-state index in [1.807, 2.05) is 24.3 Å². The van der Waals surface area contributed by atoms with Gasteiger partial charge in [-0.1, -0.05) is 24.4 Å². The quantitative estimate of drug-likeness (QED) is 0.792. The highest BCUT2D eigenvalue weighted by Crippen LogP contribution is 2.35. The van der Waals surface area contributed by atoms with Gasteiger partial charge in [-0.3, -0.25) is 0 Å². The number of H-pyrrole nitrogens is 1. The number of aromatic nitrogens is 2. The van der Waals surface area contributed by atoms with Crippen molar-refractivity contribution in [3.8, 4) is 11.5 Å². The van der Waals surface area contributed by atoms with Gasteiger partial charge in [-0.05, 0) is 12.1 Å². The zero-order chi connectivity index (χ0) is 14.2. The molecule has 0 saturated heterocycles. The van der Waals surface area contributed by atoms with Crippen molar-refractivity contribution in [2.45, 2.75) is 19.1 Å². The summed E-state index contributed by atoms with van der Waals surface area (Å²) in [6, 6.07) is 7.66. The van der Waals surface area contributed by atoms with Crippen molar-refractivity contribution < 1.29 is 9.47 Å². The molecule has 2 aliphatic rings. The van der Waals surface area contributed by atoms with Crippen molar-refractivity contribution in [2.75, 3.05) is 13.2 Å². The minimum absolute atomic E-state index is 0.248. The van der Waals surface area contributed by atoms with Gasteiger partial charge < -0.3 is 19.8 Å². The lowest BCUT2D eigenvalue weighted by molar-refractivity contribution is 0.0847. The molecule has 0 spiro atoms. The molecule has 1 atom stereocenters. The van der Waals surface area contributed by atoms with Crippen LogP contribution in [0.25, 0.3) is 0 Å². The Hall–Kier alpha value is -1.92. The second-order valence-corrected chi connectivity index (χ2v) is 5.56. The molecule has 5 nitrogen and oxygen atoms in total. The number of benzene rings is 1. The average molecular weight is 301 g/mol. The molecule has 0 saturated carbocycles. The lowest BCUT2D eigenvalue weighted by Crippen LogP contribution is -2.28. The third-order valence-corrected chi connectivity index (χ3v) is 4.13. The second-order valence-electron chi connectivity index (χ2n) is 5.18. The number of aromatic amines is 1. The van der Waals surface area contributed by atoms with Crippen molar-refractivity contribution >= 4 is 12.2 Å². The summed E-state index contributed by atoms with van der Waals surface area (Å²) in [4.78, 5) is 7.88. The summed E-state index contributed by atoms with van der Waals surface area (Å²) in [6.07, 6.45) is 0.681. The van der Waals surface area contributed by atoms with Crippen molar-refractivity contribution in [1.29, 1.82) is 0 Å². The molecule has 0 bridgehead atoms. The molecule has 0 radical (unpaired) electrons. The van der Waals surface area contributed by atoms with Gasteiger partial charge in [0, 0.05) is 30.8 Å². The van der Waals surface area contributed by atoms with Gasteiger partial charge in [0.1, 0.15) is 11.2 Å². The van der Waals surface area contributed by atoms with Gasteiger partial charge in [-0.15, -0.1) is 0 Å². The first-order valence-electron chi connectivity index (χ1n) is 7.02. The van der Waals surface area contributed by atoms with E-state index >= 15 is 0 Å². The fourth-order valence-corrected chi connectivity index (χ4v) is 2.99. The number of hydrogen-bond donors (Lipinski definition) is 2. The first-order chi connectivity index (χ1) is 10.3. The van der Waals surface area contributed by atoms with E-state index in [1.54, 1.807) is 0 Å². The molecular formula is C15H15N3O2S. The van der Waals surface area contributed by atoms with Gasteiger partial charge in [0.05, 0.1) is 0 Å². The van der Waals surface area contributed by atoms with Crippen LogP contribution in [0.4, 0.5) is 0 Å². The van der Waals surface area contributed by atoms with E-state index in [2.05, 4.69) is 15.3 Å². The maximum atomic E-state index is 5.98. The fraction of sp³-hybridized carbons (Fsp3) is 0.333. The topological polar surface area (TPSA) is 59.2 Å². The van der Waals surface area contributed by atoms with Gasteiger partial charge in [0.25, 0.3) is 0 Å². The standard InChI is InChI=1S/C15H15N3O2S/c21-15-9-7-16-6-5-10(9)17-14(18-15)13-8-19-11-3-1-2-4-12(11)20-13/h1-4,13,16H,5-8H2,(H,17,18,21). The molecule has 4 rings (SSSR count). The summed E-state index contributed by atoms with van der Waals surface area (Å²) in [7, 11) is 0. The predicted octanol–water partition coefficient (Wildman–Crippen LogP) is 2.30. The summed E-state index contributed by atoms with van der Waals surface area (Å²) in [5.74, 6) is 2.26. The molecule has 1 aromatic carbocycles. The van der Waals surface area contributed by atoms with E-state index in [9.17, 15) is 0 Å². The van der Waals surface area contributed by atoms with Crippen molar-refractivity contribution in [3.05, 3.63) is 46.0 Å². The van der Waals surface area contributed by atoms with Crippen LogP contribution in [-0.2, 0) is 13.0 Å². The highest BCUT2D eigenvalue weighted by atomic mass is 32.1. The Labute approximate surface area is 127 Å². The molecule has 1 aromatic heterocycles. The Morgan fingerprint density at radius 1 is 1.24 bits per heavy atom. The molecule has 21 heavy (non-hydrogen) atoms. The summed E-state index contributed by atoms with van der Waals surface area (Å²) in [6.45, 7) is 2.17. The second kappa shape index (κ2) is 5.13. The van der Waals surface area contributed by atoms with Crippen LogP contribution >= 0.6 is 12.2 Å². The van der Waals surface area contributed by atoms with Gasteiger partial charge in [0.2, 0.25) is 0 Å². The molecule has 2 aliphatic heterocycles. The van der Waals surface area contributed by atoms with Crippen LogP contribution in [0.5, 0.6) is 11.5 Å². The molecule has 2 aromatic rings. The number of nitrogens with one attached hydrogen (secondary N) is 2. The normalized spacial score (nSPS) is 19.9. The van der Waals surface area contributed by atoms with E-state index in [4.69, 9.17) is 21.7 Å². The van der Waals surface area contributed by atoms with E-state index < -0.39 is 0 Å². The first-order valence-corrected chi connectivity index (χ1v) is 7.43. The Kier molecular flexibility index (Phi) is 3.12. The molecular weight excluding hydrogens is 286 g/mol. The minimum atomic E-state index is -0.248. The third-order valence-electron chi connectivity index (χ3n) is 3.79. The van der Waals surface area contributed by atoms with E-state index in [0.717, 1.165) is 48.1 Å². The van der Waals surface area contributed by atoms with Crippen LogP contribution < -0.4 is 14.8 Å². The van der Waals surface area contributed by atoms with Gasteiger partial charge >= 0.3 is 0 Å². The molecule has 3 heterocycles. The highest BCUT2D eigenvalue weighted by molar-refractivity contribution is 7.71. The maximum absolute atomic E-state index is 5.98. The third kappa shape index (κ3) is 2.30. The lowest BCUT2D eigenvalue weighted by Gasteiger charge is -2.27. The predicted molar refractivity (Wildman–Crippen MR) is 80.1 cm³/mol. The monoisotopic (exact) mass is 301 g/mol. The number of para-hydroxylation sites is 2. The Morgan fingerprint density at radius 2 is 2.10 bits per heavy atom. The van der Waals surface area contributed by atoms with Crippen LogP contribution in [0.2, 0.25) is 0 Å². The molecule has 0 aliphatic carbocycles. The van der Waals surface area contributed by atoms with Crippen LogP contribution in [0.1, 0.15) is 23.2 Å². The molecule has 2 N–H and O–H groups in total. The van der Waals surface area contributed by atoms with Gasteiger partial charge in [0.15, 0.2) is 23.4 Å². The molecule has 108 valence electrons. The number of fused-ring (bicyclic) bond motifs is 2. The molecule has 1 unspecified atom stereocenters. The minimum Gasteiger partial charge on any atom is -0.485 e. The van der Waals surface area contributed by atoms with Crippen LogP contribution in [-0.4, -0.2) is 23.1 Å². The Balaban J connectivity index is 1.69. The SMILES string of the molecule is S=c1nc(C2COc3ccccc3O2)[nH]c2c1CNCC2. The summed E-state index contributed by atoms with van der Waals surface area (Å²) in [5, 5.41) is 3.31. The lowest BCUT2D eigenvalue weighted by atomic mass is 10.1. The van der Waals surface area contributed by atoms with E-state index in [1.165, 1.54) is 0 Å². The molecule has 6 heteroatoms. The van der Waals surface area contributed by atoms with Crippen LogP contribution in [0.15, 0.2) is 24.3 Å². The summed E-state index contributed by atoms with van der Waals surface area (Å²) < 4.78 is 12.4. The average Bonchev–Trinajstić information content (AvgIpc) is 2.54. The summed E-state index contributed by atoms with van der Waals surface area (Å²) >= 11 is 5.41. The summed E-state index contributed by atoms with van der Waals surface area (Å²) in [5.41, 5.74) is 2.25. The largest absolute Gasteiger partial charge is 0.485 e. The highest BCUT2D eigenvalue weighted by Gasteiger charge is 2.25. The zero-order valence-electron chi connectivity index (χ0n) is 11.4. The fourth-order valence-electron chi connectivity index (χ4n) is 2.69. The number of ether oxygens (including phenoxy) is 2.